The van der Waals surface area contributed by atoms with Gasteiger partial charge in [-0.15, -0.1) is 0 Å². The van der Waals surface area contributed by atoms with Gasteiger partial charge in [0.1, 0.15) is 11.5 Å². The van der Waals surface area contributed by atoms with Crippen molar-refractivity contribution >= 4 is 20.8 Å². The molecule has 0 unspecified atom stereocenters. The van der Waals surface area contributed by atoms with Gasteiger partial charge >= 0.3 is 0 Å². The second-order valence-electron chi connectivity index (χ2n) is 6.24. The summed E-state index contributed by atoms with van der Waals surface area (Å²) in [5, 5.41) is 2.09. The van der Waals surface area contributed by atoms with Gasteiger partial charge < -0.3 is 9.47 Å². The average Bonchev–Trinajstić information content (AvgIpc) is 3.13. The van der Waals surface area contributed by atoms with E-state index >= 15 is 0 Å². The molecule has 1 N–H and O–H groups in total. The molecule has 0 fully saturated rings. The van der Waals surface area contributed by atoms with Crippen LogP contribution >= 0.6 is 0 Å². The van der Waals surface area contributed by atoms with Crippen molar-refractivity contribution in [2.45, 2.75) is 17.9 Å². The van der Waals surface area contributed by atoms with Crippen molar-refractivity contribution in [3.63, 3.8) is 0 Å². The molecule has 0 amide bonds. The summed E-state index contributed by atoms with van der Waals surface area (Å²) in [6.07, 6.45) is 0.743. The van der Waals surface area contributed by atoms with Crippen LogP contribution in [-0.4, -0.2) is 22.1 Å². The Labute approximate surface area is 152 Å². The van der Waals surface area contributed by atoms with Crippen molar-refractivity contribution in [1.29, 1.82) is 0 Å². The fraction of sp³-hybridized carbons (Fsp3) is 0.200. The molecule has 0 spiro atoms. The molecule has 0 aromatic heterocycles. The van der Waals surface area contributed by atoms with Gasteiger partial charge in [-0.3, -0.25) is 0 Å². The van der Waals surface area contributed by atoms with E-state index < -0.39 is 10.0 Å². The summed E-state index contributed by atoms with van der Waals surface area (Å²) in [6.45, 7) is 0.839. The molecular formula is C20H19NO4S. The number of ether oxygens (including phenoxy) is 2. The molecule has 134 valence electrons. The minimum Gasteiger partial charge on any atom is -0.497 e. The maximum Gasteiger partial charge on any atom is 0.240 e. The van der Waals surface area contributed by atoms with Gasteiger partial charge in [-0.25, -0.2) is 13.1 Å². The van der Waals surface area contributed by atoms with Crippen LogP contribution < -0.4 is 14.2 Å². The number of sulfonamides is 1. The highest BCUT2D eigenvalue weighted by molar-refractivity contribution is 7.89. The monoisotopic (exact) mass is 369 g/mol. The number of rotatable bonds is 5. The van der Waals surface area contributed by atoms with Crippen LogP contribution in [0.3, 0.4) is 0 Å². The summed E-state index contributed by atoms with van der Waals surface area (Å²) in [4.78, 5) is 0.271. The first-order valence-corrected chi connectivity index (χ1v) is 9.85. The molecule has 3 aromatic rings. The molecule has 0 atom stereocenters. The number of hydrogen-bond acceptors (Lipinski definition) is 4. The maximum absolute atomic E-state index is 12.6. The van der Waals surface area contributed by atoms with E-state index in [0.29, 0.717) is 6.61 Å². The average molecular weight is 369 g/mol. The van der Waals surface area contributed by atoms with E-state index in [9.17, 15) is 8.42 Å². The molecule has 0 radical (unpaired) electrons. The minimum absolute atomic E-state index is 0.234. The lowest BCUT2D eigenvalue weighted by Gasteiger charge is -2.09. The SMILES string of the molecule is COc1ccc2cc(CNS(=O)(=O)c3ccc4c(c3)CCO4)ccc2c1. The number of nitrogens with one attached hydrogen (secondary N) is 1. The number of fused-ring (bicyclic) bond motifs is 2. The third-order valence-electron chi connectivity index (χ3n) is 4.55. The third-order valence-corrected chi connectivity index (χ3v) is 5.95. The molecule has 0 saturated heterocycles. The summed E-state index contributed by atoms with van der Waals surface area (Å²) in [7, 11) is -1.94. The van der Waals surface area contributed by atoms with Crippen molar-refractivity contribution in [2.24, 2.45) is 0 Å². The van der Waals surface area contributed by atoms with Crippen LogP contribution in [0.15, 0.2) is 59.5 Å². The van der Waals surface area contributed by atoms with E-state index in [1.54, 1.807) is 25.3 Å². The van der Waals surface area contributed by atoms with Gasteiger partial charge in [0, 0.05) is 13.0 Å². The zero-order valence-electron chi connectivity index (χ0n) is 14.4. The fourth-order valence-electron chi connectivity index (χ4n) is 3.10. The molecule has 26 heavy (non-hydrogen) atoms. The quantitative estimate of drug-likeness (QED) is 0.750. The predicted molar refractivity (Wildman–Crippen MR) is 100 cm³/mol. The summed E-state index contributed by atoms with van der Waals surface area (Å²) in [5.41, 5.74) is 1.84. The Morgan fingerprint density at radius 2 is 1.85 bits per heavy atom. The lowest BCUT2D eigenvalue weighted by Crippen LogP contribution is -2.23. The molecular weight excluding hydrogens is 350 g/mol. The Morgan fingerprint density at radius 3 is 2.69 bits per heavy atom. The van der Waals surface area contributed by atoms with Gasteiger partial charge in [0.05, 0.1) is 18.6 Å². The van der Waals surface area contributed by atoms with Gasteiger partial charge in [-0.1, -0.05) is 18.2 Å². The van der Waals surface area contributed by atoms with E-state index in [2.05, 4.69) is 4.72 Å². The summed E-state index contributed by atoms with van der Waals surface area (Å²) < 4.78 is 38.5. The highest BCUT2D eigenvalue weighted by Gasteiger charge is 2.19. The van der Waals surface area contributed by atoms with Gasteiger partial charge in [-0.05, 0) is 58.3 Å². The Morgan fingerprint density at radius 1 is 1.04 bits per heavy atom. The van der Waals surface area contributed by atoms with Crippen LogP contribution in [0.2, 0.25) is 0 Å². The maximum atomic E-state index is 12.6. The van der Waals surface area contributed by atoms with E-state index in [1.807, 2.05) is 36.4 Å². The Hall–Kier alpha value is -2.57. The molecule has 0 aliphatic carbocycles. The zero-order chi connectivity index (χ0) is 18.1. The topological polar surface area (TPSA) is 64.6 Å². The molecule has 1 aliphatic heterocycles. The first kappa shape index (κ1) is 16.9. The predicted octanol–water partition coefficient (Wildman–Crippen LogP) is 3.26. The summed E-state index contributed by atoms with van der Waals surface area (Å²) >= 11 is 0. The number of hydrogen-bond donors (Lipinski definition) is 1. The number of methoxy groups -OCH3 is 1. The molecule has 1 heterocycles. The lowest BCUT2D eigenvalue weighted by molar-refractivity contribution is 0.356. The van der Waals surface area contributed by atoms with Crippen molar-refractivity contribution in [2.75, 3.05) is 13.7 Å². The number of benzene rings is 3. The highest BCUT2D eigenvalue weighted by atomic mass is 32.2. The van der Waals surface area contributed by atoms with Crippen molar-refractivity contribution in [1.82, 2.24) is 4.72 Å². The zero-order valence-corrected chi connectivity index (χ0v) is 15.2. The Kier molecular flexibility index (Phi) is 4.30. The Bertz CT molecular complexity index is 1080. The van der Waals surface area contributed by atoms with E-state index in [0.717, 1.165) is 39.8 Å². The first-order valence-electron chi connectivity index (χ1n) is 8.37. The molecule has 0 bridgehead atoms. The van der Waals surface area contributed by atoms with Crippen LogP contribution in [0, 0.1) is 0 Å². The van der Waals surface area contributed by atoms with Crippen molar-refractivity contribution in [3.8, 4) is 11.5 Å². The van der Waals surface area contributed by atoms with Crippen molar-refractivity contribution in [3.05, 3.63) is 65.7 Å². The second-order valence-corrected chi connectivity index (χ2v) is 8.01. The molecule has 5 nitrogen and oxygen atoms in total. The Balaban J connectivity index is 1.53. The normalized spacial score (nSPS) is 13.4. The first-order chi connectivity index (χ1) is 12.5. The van der Waals surface area contributed by atoms with Crippen LogP contribution in [0.5, 0.6) is 11.5 Å². The molecule has 3 aromatic carbocycles. The van der Waals surface area contributed by atoms with Crippen LogP contribution in [0.25, 0.3) is 10.8 Å². The molecule has 1 aliphatic rings. The molecule has 6 heteroatoms. The summed E-state index contributed by atoms with van der Waals surface area (Å²) in [5.74, 6) is 1.57. The minimum atomic E-state index is -3.57. The lowest BCUT2D eigenvalue weighted by atomic mass is 10.1. The van der Waals surface area contributed by atoms with Crippen LogP contribution in [0.1, 0.15) is 11.1 Å². The van der Waals surface area contributed by atoms with Gasteiger partial charge in [0.2, 0.25) is 10.0 Å². The van der Waals surface area contributed by atoms with E-state index in [-0.39, 0.29) is 11.4 Å². The van der Waals surface area contributed by atoms with E-state index in [1.165, 1.54) is 0 Å². The fourth-order valence-corrected chi connectivity index (χ4v) is 4.17. The highest BCUT2D eigenvalue weighted by Crippen LogP contribution is 2.27. The third kappa shape index (κ3) is 3.25. The van der Waals surface area contributed by atoms with Gasteiger partial charge in [0.25, 0.3) is 0 Å². The molecule has 0 saturated carbocycles. The standard InChI is InChI=1S/C20H19NO4S/c1-24-18-5-4-15-10-14(2-3-16(15)11-18)13-21-26(22,23)19-6-7-20-17(12-19)8-9-25-20/h2-7,10-12,21H,8-9,13H2,1H3. The van der Waals surface area contributed by atoms with Crippen LogP contribution in [-0.2, 0) is 23.0 Å². The van der Waals surface area contributed by atoms with Gasteiger partial charge in [0.15, 0.2) is 0 Å². The second kappa shape index (κ2) is 6.63. The summed E-state index contributed by atoms with van der Waals surface area (Å²) in [6, 6.07) is 16.7. The van der Waals surface area contributed by atoms with Gasteiger partial charge in [-0.2, -0.15) is 0 Å². The smallest absolute Gasteiger partial charge is 0.240 e. The largest absolute Gasteiger partial charge is 0.497 e. The van der Waals surface area contributed by atoms with Crippen molar-refractivity contribution < 1.29 is 17.9 Å². The molecule has 4 rings (SSSR count). The van der Waals surface area contributed by atoms with Crippen LogP contribution in [0.4, 0.5) is 0 Å². The van der Waals surface area contributed by atoms with E-state index in [4.69, 9.17) is 9.47 Å².